The number of nitrogens with one attached hydrogen (secondary N) is 2. The lowest BCUT2D eigenvalue weighted by Crippen LogP contribution is -1.95. The van der Waals surface area contributed by atoms with Gasteiger partial charge in [-0.3, -0.25) is 10.8 Å². The van der Waals surface area contributed by atoms with Crippen molar-refractivity contribution >= 4 is 64.4 Å². The maximum atomic E-state index is 13.5. The molecule has 2 nitrogen and oxygen atoms in total. The molecule has 2 aromatic heterocycles. The first-order valence-electron chi connectivity index (χ1n) is 6.50. The second-order valence-electron chi connectivity index (χ2n) is 5.28. The third-order valence-corrected chi connectivity index (χ3v) is 6.04. The van der Waals surface area contributed by atoms with Crippen LogP contribution in [0.15, 0.2) is 24.3 Å². The molecule has 5 aromatic rings. The predicted molar refractivity (Wildman–Crippen MR) is 86.2 cm³/mol. The Balaban J connectivity index is 2.11. The topological polar surface area (TPSA) is 47.7 Å². The van der Waals surface area contributed by atoms with E-state index in [1.165, 1.54) is 12.1 Å². The molecule has 3 aromatic carbocycles. The van der Waals surface area contributed by atoms with Crippen LogP contribution in [0.3, 0.4) is 0 Å². The van der Waals surface area contributed by atoms with Gasteiger partial charge in [0.05, 0.1) is 10.7 Å². The van der Waals surface area contributed by atoms with Gasteiger partial charge in [-0.1, -0.05) is 0 Å². The van der Waals surface area contributed by atoms with Gasteiger partial charge >= 0.3 is 0 Å². The van der Waals surface area contributed by atoms with Crippen LogP contribution in [0, 0.1) is 21.1 Å². The summed E-state index contributed by atoms with van der Waals surface area (Å²) in [6.07, 6.45) is 0. The van der Waals surface area contributed by atoms with Crippen molar-refractivity contribution in [3.8, 4) is 0 Å². The standard InChI is InChI=1S/C16H6F2N2S2/c17-11-4-10-14(20)6-2-8-5(1-7(6)15(10)21-11)13(19)9-3-12(18)22-16(8)9/h1-4,19-20H. The summed E-state index contributed by atoms with van der Waals surface area (Å²) in [6, 6.07) is 6.45. The Kier molecular flexibility index (Phi) is 2.12. The maximum absolute atomic E-state index is 13.5. The van der Waals surface area contributed by atoms with Crippen molar-refractivity contribution in [3.05, 3.63) is 45.2 Å². The van der Waals surface area contributed by atoms with Crippen molar-refractivity contribution in [2.75, 3.05) is 0 Å². The van der Waals surface area contributed by atoms with E-state index in [0.29, 0.717) is 21.5 Å². The molecule has 0 saturated heterocycles. The predicted octanol–water partition coefficient (Wildman–Crippen LogP) is 4.54. The van der Waals surface area contributed by atoms with Crippen LogP contribution in [0.4, 0.5) is 8.78 Å². The SMILES string of the molecule is N=c1c2cc3c(cc2c2sc(F)cc12)c(=N)c1cc(F)sc13. The zero-order valence-corrected chi connectivity index (χ0v) is 12.5. The van der Waals surface area contributed by atoms with Crippen molar-refractivity contribution in [2.24, 2.45) is 0 Å². The zero-order chi connectivity index (χ0) is 15.2. The summed E-state index contributed by atoms with van der Waals surface area (Å²) in [6.45, 7) is 0. The third-order valence-electron chi connectivity index (χ3n) is 4.13. The molecule has 0 radical (unpaired) electrons. The third kappa shape index (κ3) is 1.32. The highest BCUT2D eigenvalue weighted by Crippen LogP contribution is 2.37. The highest BCUT2D eigenvalue weighted by Gasteiger charge is 2.17. The van der Waals surface area contributed by atoms with Crippen molar-refractivity contribution in [1.82, 2.24) is 0 Å². The number of rotatable bonds is 0. The second-order valence-corrected chi connectivity index (χ2v) is 7.28. The van der Waals surface area contributed by atoms with Gasteiger partial charge in [-0.2, -0.15) is 8.78 Å². The number of benzene rings is 1. The summed E-state index contributed by atoms with van der Waals surface area (Å²) in [5.74, 6) is 0. The number of halogens is 2. The van der Waals surface area contributed by atoms with Gasteiger partial charge in [-0.25, -0.2) is 0 Å². The molecule has 0 aliphatic carbocycles. The van der Waals surface area contributed by atoms with Crippen molar-refractivity contribution in [3.63, 3.8) is 0 Å². The highest BCUT2D eigenvalue weighted by molar-refractivity contribution is 7.19. The van der Waals surface area contributed by atoms with E-state index >= 15 is 0 Å². The van der Waals surface area contributed by atoms with Gasteiger partial charge in [0.25, 0.3) is 0 Å². The van der Waals surface area contributed by atoms with Crippen LogP contribution in [-0.4, -0.2) is 0 Å². The fraction of sp³-hybridized carbons (Fsp3) is 0. The number of thiophene rings is 2. The summed E-state index contributed by atoms with van der Waals surface area (Å²) in [5.41, 5.74) is 0. The second kappa shape index (κ2) is 3.77. The lowest BCUT2D eigenvalue weighted by atomic mass is 10.1. The van der Waals surface area contributed by atoms with Gasteiger partial charge in [0, 0.05) is 41.7 Å². The first-order chi connectivity index (χ1) is 10.5. The smallest absolute Gasteiger partial charge is 0.177 e. The molecule has 0 unspecified atom stereocenters. The van der Waals surface area contributed by atoms with Gasteiger partial charge in [0.1, 0.15) is 0 Å². The molecule has 0 fully saturated rings. The van der Waals surface area contributed by atoms with E-state index in [4.69, 9.17) is 10.8 Å². The van der Waals surface area contributed by atoms with E-state index in [0.717, 1.165) is 53.6 Å². The van der Waals surface area contributed by atoms with Crippen LogP contribution in [0.1, 0.15) is 0 Å². The summed E-state index contributed by atoms with van der Waals surface area (Å²) in [7, 11) is 0. The highest BCUT2D eigenvalue weighted by atomic mass is 32.1. The summed E-state index contributed by atoms with van der Waals surface area (Å²) in [4.78, 5) is 0. The average molecular weight is 328 g/mol. The van der Waals surface area contributed by atoms with Crippen molar-refractivity contribution in [2.45, 2.75) is 0 Å². The molecular weight excluding hydrogens is 322 g/mol. The van der Waals surface area contributed by atoms with E-state index in [1.807, 2.05) is 12.1 Å². The van der Waals surface area contributed by atoms with Crippen LogP contribution in [-0.2, 0) is 0 Å². The molecule has 0 bridgehead atoms. The van der Waals surface area contributed by atoms with Crippen molar-refractivity contribution < 1.29 is 8.78 Å². The molecule has 0 saturated carbocycles. The molecule has 0 amide bonds. The molecule has 0 aliphatic rings. The van der Waals surface area contributed by atoms with Gasteiger partial charge in [0.2, 0.25) is 0 Å². The Labute approximate surface area is 129 Å². The lowest BCUT2D eigenvalue weighted by molar-refractivity contribution is 0.658. The lowest BCUT2D eigenvalue weighted by Gasteiger charge is -1.94. The quantitative estimate of drug-likeness (QED) is 0.419. The van der Waals surface area contributed by atoms with Gasteiger partial charge in [-0.05, 0) is 24.3 Å². The first-order valence-corrected chi connectivity index (χ1v) is 8.14. The van der Waals surface area contributed by atoms with Gasteiger partial charge in [0.15, 0.2) is 10.3 Å². The molecule has 0 spiro atoms. The first kappa shape index (κ1) is 12.4. The Morgan fingerprint density at radius 1 is 0.591 bits per heavy atom. The Bertz CT molecular complexity index is 1230. The monoisotopic (exact) mass is 328 g/mol. The minimum Gasteiger partial charge on any atom is -0.300 e. The van der Waals surface area contributed by atoms with E-state index in [9.17, 15) is 8.78 Å². The van der Waals surface area contributed by atoms with Crippen LogP contribution in [0.5, 0.6) is 0 Å². The molecule has 106 valence electrons. The Hall–Kier alpha value is -2.18. The summed E-state index contributed by atoms with van der Waals surface area (Å²) < 4.78 is 28.4. The van der Waals surface area contributed by atoms with Gasteiger partial charge in [-0.15, -0.1) is 22.7 Å². The molecule has 0 atom stereocenters. The largest absolute Gasteiger partial charge is 0.300 e. The minimum atomic E-state index is -0.308. The van der Waals surface area contributed by atoms with E-state index in [-0.39, 0.29) is 10.3 Å². The van der Waals surface area contributed by atoms with Crippen LogP contribution in [0.25, 0.3) is 41.7 Å². The number of hydrogen-bond acceptors (Lipinski definition) is 4. The van der Waals surface area contributed by atoms with Crippen LogP contribution >= 0.6 is 22.7 Å². The molecule has 0 aliphatic heterocycles. The summed E-state index contributed by atoms with van der Waals surface area (Å²) in [5, 5.41) is 20.7. The Morgan fingerprint density at radius 2 is 1.00 bits per heavy atom. The Morgan fingerprint density at radius 3 is 1.41 bits per heavy atom. The fourth-order valence-corrected chi connectivity index (χ4v) is 5.02. The van der Waals surface area contributed by atoms with E-state index < -0.39 is 0 Å². The van der Waals surface area contributed by atoms with Crippen LogP contribution in [0.2, 0.25) is 0 Å². The fourth-order valence-electron chi connectivity index (χ4n) is 3.17. The van der Waals surface area contributed by atoms with E-state index in [2.05, 4.69) is 0 Å². The molecule has 5 rings (SSSR count). The van der Waals surface area contributed by atoms with Crippen LogP contribution < -0.4 is 10.7 Å². The van der Waals surface area contributed by atoms with Crippen molar-refractivity contribution in [1.29, 1.82) is 10.8 Å². The average Bonchev–Trinajstić information content (AvgIpc) is 3.17. The molecule has 6 heteroatoms. The maximum Gasteiger partial charge on any atom is 0.177 e. The zero-order valence-electron chi connectivity index (χ0n) is 10.9. The van der Waals surface area contributed by atoms with Gasteiger partial charge < -0.3 is 0 Å². The number of fused-ring (bicyclic) bond motifs is 6. The molecule has 22 heavy (non-hydrogen) atoms. The molecular formula is C16H6F2N2S2. The summed E-state index contributed by atoms with van der Waals surface area (Å²) >= 11 is 2.05. The normalized spacial score (nSPS) is 12.5. The molecule has 2 heterocycles. The molecule has 2 N–H and O–H groups in total. The minimum absolute atomic E-state index is 0.296. The van der Waals surface area contributed by atoms with E-state index in [1.54, 1.807) is 0 Å². The number of hydrogen-bond donors (Lipinski definition) is 2.